The summed E-state index contributed by atoms with van der Waals surface area (Å²) >= 11 is 0. The number of ether oxygens (including phenoxy) is 2. The lowest BCUT2D eigenvalue weighted by Gasteiger charge is -2.23. The Morgan fingerprint density at radius 3 is 2.65 bits per heavy atom. The second-order valence-corrected chi connectivity index (χ2v) is 9.77. The summed E-state index contributed by atoms with van der Waals surface area (Å²) in [6, 6.07) is 16.1. The second-order valence-electron chi connectivity index (χ2n) is 8.06. The van der Waals surface area contributed by atoms with Crippen molar-refractivity contribution >= 4 is 10.0 Å². The first-order chi connectivity index (χ1) is 15.0. The Hall–Kier alpha value is -2.44. The van der Waals surface area contributed by atoms with Gasteiger partial charge in [-0.2, -0.15) is 5.26 Å². The molecule has 1 N–H and O–H groups in total. The second kappa shape index (κ2) is 9.79. The molecule has 0 amide bonds. The largest absolute Gasteiger partial charge is 0.490 e. The zero-order valence-corrected chi connectivity index (χ0v) is 18.2. The molecule has 2 aliphatic heterocycles. The van der Waals surface area contributed by atoms with Gasteiger partial charge in [-0.15, -0.1) is 0 Å². The zero-order chi connectivity index (χ0) is 21.7. The molecule has 0 unspecified atom stereocenters. The normalized spacial score (nSPS) is 20.4. The van der Waals surface area contributed by atoms with Gasteiger partial charge in [0.1, 0.15) is 11.9 Å². The van der Waals surface area contributed by atoms with Crippen molar-refractivity contribution in [2.45, 2.75) is 42.8 Å². The molecule has 2 saturated heterocycles. The summed E-state index contributed by atoms with van der Waals surface area (Å²) in [5.74, 6) is 0.877. The van der Waals surface area contributed by atoms with Crippen molar-refractivity contribution < 1.29 is 17.9 Å². The van der Waals surface area contributed by atoms with E-state index in [1.54, 1.807) is 12.1 Å². The van der Waals surface area contributed by atoms with E-state index in [0.29, 0.717) is 12.1 Å². The van der Waals surface area contributed by atoms with Crippen LogP contribution in [0.2, 0.25) is 0 Å². The summed E-state index contributed by atoms with van der Waals surface area (Å²) in [6.45, 7) is 3.75. The van der Waals surface area contributed by atoms with Crippen molar-refractivity contribution in [3.63, 3.8) is 0 Å². The number of rotatable bonds is 7. The van der Waals surface area contributed by atoms with Gasteiger partial charge in [0, 0.05) is 38.5 Å². The Labute approximate surface area is 183 Å². The molecule has 7 nitrogen and oxygen atoms in total. The molecule has 4 rings (SSSR count). The first kappa shape index (κ1) is 21.8. The lowest BCUT2D eigenvalue weighted by Crippen LogP contribution is -2.37. The molecule has 0 aliphatic carbocycles. The van der Waals surface area contributed by atoms with Crippen LogP contribution in [-0.4, -0.2) is 51.8 Å². The van der Waals surface area contributed by atoms with Crippen LogP contribution in [0.4, 0.5) is 0 Å². The fraction of sp³-hybridized carbons (Fsp3) is 0.435. The van der Waals surface area contributed by atoms with Gasteiger partial charge in [0.2, 0.25) is 10.0 Å². The van der Waals surface area contributed by atoms with Crippen LogP contribution in [0.1, 0.15) is 30.4 Å². The molecule has 2 aromatic rings. The van der Waals surface area contributed by atoms with Crippen molar-refractivity contribution in [3.05, 3.63) is 59.7 Å². The molecular weight excluding hydrogens is 414 g/mol. The minimum Gasteiger partial charge on any atom is -0.490 e. The predicted molar refractivity (Wildman–Crippen MR) is 116 cm³/mol. The summed E-state index contributed by atoms with van der Waals surface area (Å²) < 4.78 is 39.5. The molecule has 2 heterocycles. The molecule has 2 aromatic carbocycles. The number of likely N-dealkylation sites (tertiary alicyclic amines) is 1. The number of nitriles is 1. The van der Waals surface area contributed by atoms with Crippen LogP contribution in [0.15, 0.2) is 53.4 Å². The van der Waals surface area contributed by atoms with Crippen molar-refractivity contribution in [1.29, 1.82) is 5.26 Å². The van der Waals surface area contributed by atoms with E-state index in [1.165, 1.54) is 17.7 Å². The van der Waals surface area contributed by atoms with E-state index in [2.05, 4.69) is 21.8 Å². The van der Waals surface area contributed by atoms with Gasteiger partial charge in [-0.05, 0) is 42.3 Å². The third-order valence-electron chi connectivity index (χ3n) is 5.67. The van der Waals surface area contributed by atoms with E-state index in [0.717, 1.165) is 51.3 Å². The zero-order valence-electron chi connectivity index (χ0n) is 17.4. The SMILES string of the molecule is N#Cc1cccc(S(=O)(=O)N[C@@H]2CCN(Cc3ccc(OC4CCOCC4)cc3)C2)c1. The van der Waals surface area contributed by atoms with Gasteiger partial charge in [-0.3, -0.25) is 4.90 Å². The maximum Gasteiger partial charge on any atom is 0.240 e. The van der Waals surface area contributed by atoms with Gasteiger partial charge >= 0.3 is 0 Å². The smallest absolute Gasteiger partial charge is 0.240 e. The van der Waals surface area contributed by atoms with E-state index >= 15 is 0 Å². The first-order valence-corrected chi connectivity index (χ1v) is 12.1. The van der Waals surface area contributed by atoms with Crippen molar-refractivity contribution in [1.82, 2.24) is 9.62 Å². The predicted octanol–water partition coefficient (Wildman–Crippen LogP) is 2.67. The Morgan fingerprint density at radius 2 is 1.90 bits per heavy atom. The summed E-state index contributed by atoms with van der Waals surface area (Å²) in [7, 11) is -3.65. The summed E-state index contributed by atoms with van der Waals surface area (Å²) in [4.78, 5) is 2.37. The molecule has 2 aliphatic rings. The standard InChI is InChI=1S/C23H27N3O4S/c24-15-19-2-1-3-23(14-19)31(27,28)25-20-8-11-26(17-20)16-18-4-6-21(7-5-18)30-22-9-12-29-13-10-22/h1-7,14,20,22,25H,8-13,16-17H2/t20-/m1/s1. The van der Waals surface area contributed by atoms with Gasteiger partial charge in [-0.25, -0.2) is 13.1 Å². The maximum atomic E-state index is 12.7. The highest BCUT2D eigenvalue weighted by Crippen LogP contribution is 2.21. The molecular formula is C23H27N3O4S. The lowest BCUT2D eigenvalue weighted by atomic mass is 10.1. The van der Waals surface area contributed by atoms with Crippen LogP contribution < -0.4 is 9.46 Å². The topological polar surface area (TPSA) is 91.7 Å². The molecule has 0 saturated carbocycles. The molecule has 0 aromatic heterocycles. The van der Waals surface area contributed by atoms with Gasteiger partial charge < -0.3 is 9.47 Å². The van der Waals surface area contributed by atoms with Crippen LogP contribution in [0.5, 0.6) is 5.75 Å². The molecule has 31 heavy (non-hydrogen) atoms. The summed E-state index contributed by atoms with van der Waals surface area (Å²) in [5.41, 5.74) is 1.50. The molecule has 2 fully saturated rings. The maximum absolute atomic E-state index is 12.7. The Balaban J connectivity index is 1.29. The van der Waals surface area contributed by atoms with Crippen LogP contribution in [0.3, 0.4) is 0 Å². The average Bonchev–Trinajstić information content (AvgIpc) is 3.22. The number of nitrogens with zero attached hydrogens (tertiary/aromatic N) is 2. The fourth-order valence-corrected chi connectivity index (χ4v) is 5.32. The number of sulfonamides is 1. The van der Waals surface area contributed by atoms with E-state index in [9.17, 15) is 8.42 Å². The minimum atomic E-state index is -3.65. The lowest BCUT2D eigenvalue weighted by molar-refractivity contribution is 0.0255. The van der Waals surface area contributed by atoms with E-state index in [-0.39, 0.29) is 17.0 Å². The summed E-state index contributed by atoms with van der Waals surface area (Å²) in [5, 5.41) is 9.00. The van der Waals surface area contributed by atoms with E-state index < -0.39 is 10.0 Å². The molecule has 8 heteroatoms. The van der Waals surface area contributed by atoms with Crippen molar-refractivity contribution in [3.8, 4) is 11.8 Å². The third kappa shape index (κ3) is 5.83. The van der Waals surface area contributed by atoms with E-state index in [1.807, 2.05) is 18.2 Å². The number of hydrogen-bond acceptors (Lipinski definition) is 6. The highest BCUT2D eigenvalue weighted by Gasteiger charge is 2.27. The molecule has 0 radical (unpaired) electrons. The monoisotopic (exact) mass is 441 g/mol. The average molecular weight is 442 g/mol. The Kier molecular flexibility index (Phi) is 6.88. The summed E-state index contributed by atoms with van der Waals surface area (Å²) in [6.07, 6.45) is 2.82. The quantitative estimate of drug-likeness (QED) is 0.710. The number of hydrogen-bond donors (Lipinski definition) is 1. The van der Waals surface area contributed by atoms with Gasteiger partial charge in [-0.1, -0.05) is 18.2 Å². The van der Waals surface area contributed by atoms with Crippen LogP contribution >= 0.6 is 0 Å². The number of benzene rings is 2. The van der Waals surface area contributed by atoms with Gasteiger partial charge in [0.15, 0.2) is 0 Å². The van der Waals surface area contributed by atoms with Crippen LogP contribution in [0.25, 0.3) is 0 Å². The van der Waals surface area contributed by atoms with Crippen LogP contribution in [-0.2, 0) is 21.3 Å². The van der Waals surface area contributed by atoms with Crippen molar-refractivity contribution in [2.75, 3.05) is 26.3 Å². The fourth-order valence-electron chi connectivity index (χ4n) is 4.01. The van der Waals surface area contributed by atoms with Gasteiger partial charge in [0.05, 0.1) is 29.7 Å². The molecule has 164 valence electrons. The van der Waals surface area contributed by atoms with Gasteiger partial charge in [0.25, 0.3) is 0 Å². The molecule has 0 bridgehead atoms. The Bertz CT molecular complexity index is 1030. The number of nitrogens with one attached hydrogen (secondary N) is 1. The van der Waals surface area contributed by atoms with Crippen LogP contribution in [0, 0.1) is 11.3 Å². The van der Waals surface area contributed by atoms with E-state index in [4.69, 9.17) is 14.7 Å². The third-order valence-corrected chi connectivity index (χ3v) is 7.19. The minimum absolute atomic E-state index is 0.130. The molecule has 1 atom stereocenters. The Morgan fingerprint density at radius 1 is 1.13 bits per heavy atom. The highest BCUT2D eigenvalue weighted by molar-refractivity contribution is 7.89. The highest BCUT2D eigenvalue weighted by atomic mass is 32.2. The van der Waals surface area contributed by atoms with Crippen molar-refractivity contribution in [2.24, 2.45) is 0 Å². The molecule has 0 spiro atoms. The first-order valence-electron chi connectivity index (χ1n) is 10.6.